The van der Waals surface area contributed by atoms with Gasteiger partial charge in [0.25, 0.3) is 0 Å². The van der Waals surface area contributed by atoms with Gasteiger partial charge in [-0.1, -0.05) is 6.07 Å². The summed E-state index contributed by atoms with van der Waals surface area (Å²) in [6.45, 7) is 3.78. The van der Waals surface area contributed by atoms with Crippen molar-refractivity contribution in [1.29, 1.82) is 0 Å². The van der Waals surface area contributed by atoms with Gasteiger partial charge >= 0.3 is 0 Å². The van der Waals surface area contributed by atoms with Gasteiger partial charge in [0.1, 0.15) is 5.82 Å². The molecule has 2 rings (SSSR count). The predicted molar refractivity (Wildman–Crippen MR) is 73.8 cm³/mol. The van der Waals surface area contributed by atoms with Gasteiger partial charge in [0.2, 0.25) is 0 Å². The van der Waals surface area contributed by atoms with Crippen LogP contribution in [-0.4, -0.2) is 14.2 Å². The molecule has 0 aliphatic rings. The molecular weight excluding hydrogens is 245 g/mol. The Kier molecular flexibility index (Phi) is 3.60. The number of nitrogens with two attached hydrogens (primary N) is 1. The van der Waals surface area contributed by atoms with Crippen LogP contribution < -0.4 is 15.2 Å². The number of halogens is 1. The molecule has 0 bridgehead atoms. The molecule has 0 fully saturated rings. The van der Waals surface area contributed by atoms with Gasteiger partial charge in [-0.15, -0.1) is 0 Å². The van der Waals surface area contributed by atoms with E-state index in [2.05, 4.69) is 6.92 Å². The van der Waals surface area contributed by atoms with E-state index in [-0.39, 0.29) is 0 Å². The lowest BCUT2D eigenvalue weighted by Gasteiger charge is -2.11. The Hall–Kier alpha value is -2.23. The Morgan fingerprint density at radius 2 is 1.74 bits per heavy atom. The van der Waals surface area contributed by atoms with E-state index < -0.39 is 5.82 Å². The van der Waals surface area contributed by atoms with Crippen molar-refractivity contribution in [1.82, 2.24) is 0 Å². The van der Waals surface area contributed by atoms with Gasteiger partial charge in [-0.2, -0.15) is 0 Å². The molecule has 0 saturated heterocycles. The lowest BCUT2D eigenvalue weighted by Crippen LogP contribution is -1.95. The molecule has 0 spiro atoms. The van der Waals surface area contributed by atoms with Gasteiger partial charge < -0.3 is 15.2 Å². The Morgan fingerprint density at radius 1 is 1.05 bits per heavy atom. The van der Waals surface area contributed by atoms with E-state index in [1.165, 1.54) is 13.2 Å². The molecule has 19 heavy (non-hydrogen) atoms. The van der Waals surface area contributed by atoms with Crippen molar-refractivity contribution in [2.75, 3.05) is 20.0 Å². The Morgan fingerprint density at radius 3 is 2.37 bits per heavy atom. The predicted octanol–water partition coefficient (Wildman–Crippen LogP) is 3.27. The van der Waals surface area contributed by atoms with Crippen LogP contribution in [0.5, 0.6) is 11.5 Å². The highest BCUT2D eigenvalue weighted by Gasteiger charge is 2.11. The number of benzene rings is 2. The molecule has 4 heteroatoms. The summed E-state index contributed by atoms with van der Waals surface area (Å²) in [6, 6.07) is 8.09. The first-order chi connectivity index (χ1) is 9.06. The van der Waals surface area contributed by atoms with E-state index >= 15 is 0 Å². The molecular formula is C15H15FNO2. The topological polar surface area (TPSA) is 44.5 Å². The molecule has 0 heterocycles. The molecule has 3 nitrogen and oxygen atoms in total. The van der Waals surface area contributed by atoms with Crippen LogP contribution in [0.15, 0.2) is 30.3 Å². The number of ether oxygens (including phenoxy) is 2. The Labute approximate surface area is 111 Å². The second-order valence-electron chi connectivity index (χ2n) is 4.10. The van der Waals surface area contributed by atoms with Crippen molar-refractivity contribution in [3.63, 3.8) is 0 Å². The largest absolute Gasteiger partial charge is 0.493 e. The average molecular weight is 260 g/mol. The van der Waals surface area contributed by atoms with Crippen molar-refractivity contribution in [3.8, 4) is 22.6 Å². The number of hydrogen-bond donors (Lipinski definition) is 1. The monoisotopic (exact) mass is 260 g/mol. The van der Waals surface area contributed by atoms with Crippen molar-refractivity contribution in [2.45, 2.75) is 0 Å². The van der Waals surface area contributed by atoms with Gasteiger partial charge in [-0.3, -0.25) is 0 Å². The molecule has 0 amide bonds. The molecule has 2 N–H and O–H groups in total. The third kappa shape index (κ3) is 2.47. The van der Waals surface area contributed by atoms with Crippen LogP contribution in [0, 0.1) is 12.7 Å². The lowest BCUT2D eigenvalue weighted by atomic mass is 10.0. The Bertz CT molecular complexity index is 611. The molecule has 2 aromatic carbocycles. The fraction of sp³-hybridized carbons (Fsp3) is 0.133. The summed E-state index contributed by atoms with van der Waals surface area (Å²) in [5, 5.41) is 0. The number of methoxy groups -OCH3 is 2. The van der Waals surface area contributed by atoms with Gasteiger partial charge in [-0.25, -0.2) is 4.39 Å². The van der Waals surface area contributed by atoms with Crippen LogP contribution >= 0.6 is 0 Å². The number of hydrogen-bond acceptors (Lipinski definition) is 3. The Balaban J connectivity index is 2.56. The van der Waals surface area contributed by atoms with Crippen molar-refractivity contribution in [2.24, 2.45) is 0 Å². The standard InChI is InChI=1S/C15H15FNO2/c1-9-6-11(12(16)8-13(9)17)10-4-5-14(18-2)15(7-10)19-3/h4-8H,1,17H2,2-3H3. The summed E-state index contributed by atoms with van der Waals surface area (Å²) in [5.41, 5.74) is 7.66. The minimum absolute atomic E-state index is 0.335. The van der Waals surface area contributed by atoms with Crippen molar-refractivity contribution < 1.29 is 13.9 Å². The highest BCUT2D eigenvalue weighted by Crippen LogP contribution is 2.34. The molecule has 0 saturated carbocycles. The molecule has 0 aliphatic carbocycles. The molecule has 99 valence electrons. The molecule has 0 unspecified atom stereocenters. The summed E-state index contributed by atoms with van der Waals surface area (Å²) in [5.74, 6) is 0.746. The maximum Gasteiger partial charge on any atom is 0.161 e. The molecule has 0 atom stereocenters. The van der Waals surface area contributed by atoms with Crippen LogP contribution in [0.4, 0.5) is 10.1 Å². The average Bonchev–Trinajstić information content (AvgIpc) is 2.42. The van der Waals surface area contributed by atoms with Crippen LogP contribution in [0.3, 0.4) is 0 Å². The zero-order valence-corrected chi connectivity index (χ0v) is 10.9. The third-order valence-corrected chi connectivity index (χ3v) is 2.92. The zero-order chi connectivity index (χ0) is 14.0. The van der Waals surface area contributed by atoms with Crippen LogP contribution in [0.2, 0.25) is 0 Å². The van der Waals surface area contributed by atoms with Gasteiger partial charge in [0.15, 0.2) is 11.5 Å². The second-order valence-corrected chi connectivity index (χ2v) is 4.10. The fourth-order valence-corrected chi connectivity index (χ4v) is 1.86. The first-order valence-electron chi connectivity index (χ1n) is 5.70. The van der Waals surface area contributed by atoms with Crippen LogP contribution in [0.1, 0.15) is 5.56 Å². The van der Waals surface area contributed by atoms with Gasteiger partial charge in [0, 0.05) is 11.3 Å². The van der Waals surface area contributed by atoms with Crippen molar-refractivity contribution >= 4 is 5.69 Å². The van der Waals surface area contributed by atoms with E-state index in [0.29, 0.717) is 33.9 Å². The van der Waals surface area contributed by atoms with Crippen LogP contribution in [0.25, 0.3) is 11.1 Å². The number of anilines is 1. The highest BCUT2D eigenvalue weighted by atomic mass is 19.1. The summed E-state index contributed by atoms with van der Waals surface area (Å²) in [6.07, 6.45) is 0. The number of rotatable bonds is 3. The molecule has 1 radical (unpaired) electrons. The summed E-state index contributed by atoms with van der Waals surface area (Å²) in [7, 11) is 3.09. The minimum atomic E-state index is -0.392. The first kappa shape index (κ1) is 13.2. The summed E-state index contributed by atoms with van der Waals surface area (Å²) >= 11 is 0. The first-order valence-corrected chi connectivity index (χ1v) is 5.70. The summed E-state index contributed by atoms with van der Waals surface area (Å²) < 4.78 is 24.3. The molecule has 2 aromatic rings. The van der Waals surface area contributed by atoms with Crippen LogP contribution in [-0.2, 0) is 0 Å². The fourth-order valence-electron chi connectivity index (χ4n) is 1.86. The lowest BCUT2D eigenvalue weighted by molar-refractivity contribution is 0.355. The smallest absolute Gasteiger partial charge is 0.161 e. The molecule has 0 aromatic heterocycles. The third-order valence-electron chi connectivity index (χ3n) is 2.92. The minimum Gasteiger partial charge on any atom is -0.493 e. The molecule has 0 aliphatic heterocycles. The van der Waals surface area contributed by atoms with E-state index in [4.69, 9.17) is 15.2 Å². The van der Waals surface area contributed by atoms with E-state index in [1.54, 1.807) is 31.4 Å². The van der Waals surface area contributed by atoms with E-state index in [1.807, 2.05) is 0 Å². The normalized spacial score (nSPS) is 10.3. The summed E-state index contributed by atoms with van der Waals surface area (Å²) in [4.78, 5) is 0. The zero-order valence-electron chi connectivity index (χ0n) is 10.9. The highest BCUT2D eigenvalue weighted by molar-refractivity contribution is 5.71. The van der Waals surface area contributed by atoms with Crippen molar-refractivity contribution in [3.05, 3.63) is 48.6 Å². The quantitative estimate of drug-likeness (QED) is 0.861. The van der Waals surface area contributed by atoms with Gasteiger partial charge in [0.05, 0.1) is 14.2 Å². The van der Waals surface area contributed by atoms with E-state index in [0.717, 1.165) is 0 Å². The maximum atomic E-state index is 14.0. The SMILES string of the molecule is [CH2]c1cc(-c2ccc(OC)c(OC)c2)c(F)cc1N. The number of nitrogen functional groups attached to an aromatic ring is 1. The second kappa shape index (κ2) is 5.18. The van der Waals surface area contributed by atoms with E-state index in [9.17, 15) is 4.39 Å². The van der Waals surface area contributed by atoms with Gasteiger partial charge in [-0.05, 0) is 42.3 Å². The maximum absolute atomic E-state index is 14.0.